The van der Waals surface area contributed by atoms with Crippen molar-refractivity contribution in [3.05, 3.63) is 59.3 Å². The van der Waals surface area contributed by atoms with Crippen LogP contribution in [-0.2, 0) is 16.0 Å². The summed E-state index contributed by atoms with van der Waals surface area (Å²) < 4.78 is 0. The lowest BCUT2D eigenvalue weighted by Crippen LogP contribution is -2.53. The highest BCUT2D eigenvalue weighted by molar-refractivity contribution is 5.89. The number of hydrogen-bond donors (Lipinski definition) is 4. The predicted molar refractivity (Wildman–Crippen MR) is 116 cm³/mol. The van der Waals surface area contributed by atoms with E-state index in [9.17, 15) is 9.59 Å². The van der Waals surface area contributed by atoms with Crippen LogP contribution in [0.2, 0.25) is 0 Å². The van der Waals surface area contributed by atoms with E-state index in [1.807, 2.05) is 24.3 Å². The summed E-state index contributed by atoms with van der Waals surface area (Å²) in [6, 6.07) is 13.0. The fourth-order valence-corrected chi connectivity index (χ4v) is 4.45. The molecule has 4 rings (SSSR count). The molecule has 4 atom stereocenters. The van der Waals surface area contributed by atoms with Crippen LogP contribution in [0.15, 0.2) is 42.5 Å². The van der Waals surface area contributed by atoms with Crippen molar-refractivity contribution >= 4 is 17.6 Å². The number of aromatic nitrogens is 1. The Bertz CT molecular complexity index is 917. The van der Waals surface area contributed by atoms with Crippen molar-refractivity contribution in [2.24, 2.45) is 0 Å². The molecule has 5 N–H and O–H groups in total. The van der Waals surface area contributed by atoms with E-state index in [2.05, 4.69) is 33.1 Å². The average molecular weight is 408 g/mol. The number of rotatable bonds is 5. The van der Waals surface area contributed by atoms with Gasteiger partial charge in [-0.2, -0.15) is 0 Å². The molecule has 0 spiro atoms. The molecule has 2 aliphatic rings. The van der Waals surface area contributed by atoms with Crippen LogP contribution in [0.4, 0.5) is 5.82 Å². The van der Waals surface area contributed by atoms with Crippen LogP contribution in [0.3, 0.4) is 0 Å². The number of fused-ring (bicyclic) bond motifs is 1. The van der Waals surface area contributed by atoms with E-state index < -0.39 is 6.04 Å². The SMILES string of the molecule is C[C@H](NC(=O)[C@H]1C[C@H](c2ccccc2)CCN1)C(=O)NC1CCc2nc(N)ccc21. The number of hydrogen-bond acceptors (Lipinski definition) is 5. The summed E-state index contributed by atoms with van der Waals surface area (Å²) in [4.78, 5) is 29.8. The second kappa shape index (κ2) is 8.83. The molecule has 2 aromatic rings. The molecule has 1 aromatic heterocycles. The molecule has 0 bridgehead atoms. The van der Waals surface area contributed by atoms with Crippen LogP contribution in [0.1, 0.15) is 55.0 Å². The monoisotopic (exact) mass is 407 g/mol. The summed E-state index contributed by atoms with van der Waals surface area (Å²) in [6.45, 7) is 2.51. The molecule has 1 aliphatic heterocycles. The zero-order valence-corrected chi connectivity index (χ0v) is 17.2. The van der Waals surface area contributed by atoms with Gasteiger partial charge in [-0.05, 0) is 62.3 Å². The number of nitrogens with two attached hydrogens (primary N) is 1. The van der Waals surface area contributed by atoms with E-state index in [0.29, 0.717) is 11.7 Å². The molecule has 0 radical (unpaired) electrons. The minimum atomic E-state index is -0.609. The fraction of sp³-hybridized carbons (Fsp3) is 0.435. The Balaban J connectivity index is 1.32. The first-order chi connectivity index (χ1) is 14.5. The van der Waals surface area contributed by atoms with Crippen molar-refractivity contribution in [2.75, 3.05) is 12.3 Å². The summed E-state index contributed by atoms with van der Waals surface area (Å²) in [5, 5.41) is 9.21. The smallest absolute Gasteiger partial charge is 0.242 e. The maximum atomic E-state index is 12.8. The molecule has 1 aromatic carbocycles. The van der Waals surface area contributed by atoms with Gasteiger partial charge in [0.15, 0.2) is 0 Å². The Labute approximate surface area is 176 Å². The van der Waals surface area contributed by atoms with E-state index >= 15 is 0 Å². The number of pyridine rings is 1. The summed E-state index contributed by atoms with van der Waals surface area (Å²) in [5.74, 6) is 0.533. The minimum Gasteiger partial charge on any atom is -0.384 e. The van der Waals surface area contributed by atoms with Gasteiger partial charge in [0.2, 0.25) is 11.8 Å². The maximum absolute atomic E-state index is 12.8. The lowest BCUT2D eigenvalue weighted by atomic mass is 9.86. The number of anilines is 1. The van der Waals surface area contributed by atoms with E-state index in [4.69, 9.17) is 5.73 Å². The van der Waals surface area contributed by atoms with Gasteiger partial charge in [0.1, 0.15) is 11.9 Å². The van der Waals surface area contributed by atoms with Crippen LogP contribution in [0.25, 0.3) is 0 Å². The molecule has 0 saturated carbocycles. The van der Waals surface area contributed by atoms with Crippen molar-refractivity contribution < 1.29 is 9.59 Å². The van der Waals surface area contributed by atoms with Gasteiger partial charge in [-0.3, -0.25) is 9.59 Å². The fourth-order valence-electron chi connectivity index (χ4n) is 4.45. The Morgan fingerprint density at radius 3 is 2.77 bits per heavy atom. The molecular weight excluding hydrogens is 378 g/mol. The van der Waals surface area contributed by atoms with Gasteiger partial charge in [-0.25, -0.2) is 4.98 Å². The molecule has 158 valence electrons. The molecule has 2 amide bonds. The number of benzene rings is 1. The number of aryl methyl sites for hydroxylation is 1. The number of nitrogens with one attached hydrogen (secondary N) is 3. The number of nitrogen functional groups attached to an aromatic ring is 1. The Hall–Kier alpha value is -2.93. The number of carbonyl (C=O) groups is 2. The van der Waals surface area contributed by atoms with Gasteiger partial charge >= 0.3 is 0 Å². The summed E-state index contributed by atoms with van der Waals surface area (Å²) in [6.07, 6.45) is 3.32. The molecular formula is C23H29N5O2. The highest BCUT2D eigenvalue weighted by Gasteiger charge is 2.31. The number of amides is 2. The first-order valence-corrected chi connectivity index (χ1v) is 10.7. The first-order valence-electron chi connectivity index (χ1n) is 10.7. The topological polar surface area (TPSA) is 109 Å². The largest absolute Gasteiger partial charge is 0.384 e. The second-order valence-corrected chi connectivity index (χ2v) is 8.24. The van der Waals surface area contributed by atoms with Crippen LogP contribution in [0.5, 0.6) is 0 Å². The third kappa shape index (κ3) is 4.46. The molecule has 1 fully saturated rings. The Morgan fingerprint density at radius 2 is 1.97 bits per heavy atom. The van der Waals surface area contributed by atoms with Crippen LogP contribution in [0, 0.1) is 0 Å². The lowest BCUT2D eigenvalue weighted by molar-refractivity contribution is -0.130. The summed E-state index contributed by atoms with van der Waals surface area (Å²) >= 11 is 0. The van der Waals surface area contributed by atoms with Gasteiger partial charge < -0.3 is 21.7 Å². The Morgan fingerprint density at radius 1 is 1.17 bits per heavy atom. The van der Waals surface area contributed by atoms with Crippen molar-refractivity contribution in [3.63, 3.8) is 0 Å². The standard InChI is InChI=1S/C23H29N5O2/c1-14(22(29)28-19-9-8-18-17(19)7-10-21(24)27-18)26-23(30)20-13-16(11-12-25-20)15-5-3-2-4-6-15/h2-7,10,14,16,19-20,25H,8-9,11-13H2,1H3,(H2,24,27)(H,26,30)(H,28,29)/t14-,16+,19?,20+/m0/s1. The number of piperidine rings is 1. The molecule has 1 aliphatic carbocycles. The molecule has 7 heteroatoms. The highest BCUT2D eigenvalue weighted by Crippen LogP contribution is 2.30. The van der Waals surface area contributed by atoms with Crippen LogP contribution < -0.4 is 21.7 Å². The van der Waals surface area contributed by atoms with Gasteiger partial charge in [0, 0.05) is 5.69 Å². The predicted octanol–water partition coefficient (Wildman–Crippen LogP) is 1.81. The zero-order chi connectivity index (χ0) is 21.1. The van der Waals surface area contributed by atoms with Crippen molar-refractivity contribution in [1.82, 2.24) is 20.9 Å². The summed E-state index contributed by atoms with van der Waals surface area (Å²) in [7, 11) is 0. The minimum absolute atomic E-state index is 0.0878. The summed E-state index contributed by atoms with van der Waals surface area (Å²) in [5.41, 5.74) is 8.96. The molecule has 1 unspecified atom stereocenters. The number of carbonyl (C=O) groups excluding carboxylic acids is 2. The van der Waals surface area contributed by atoms with E-state index in [-0.39, 0.29) is 23.9 Å². The molecule has 30 heavy (non-hydrogen) atoms. The molecule has 2 heterocycles. The van der Waals surface area contributed by atoms with E-state index in [0.717, 1.165) is 43.5 Å². The van der Waals surface area contributed by atoms with E-state index in [1.165, 1.54) is 5.56 Å². The van der Waals surface area contributed by atoms with Gasteiger partial charge in [0.05, 0.1) is 12.1 Å². The first kappa shape index (κ1) is 20.3. The third-order valence-electron chi connectivity index (χ3n) is 6.14. The Kier molecular flexibility index (Phi) is 5.99. The van der Waals surface area contributed by atoms with Crippen LogP contribution in [-0.4, -0.2) is 35.4 Å². The molecule has 7 nitrogen and oxygen atoms in total. The van der Waals surface area contributed by atoms with Crippen molar-refractivity contribution in [1.29, 1.82) is 0 Å². The normalized spacial score (nSPS) is 24.0. The van der Waals surface area contributed by atoms with Crippen LogP contribution >= 0.6 is 0 Å². The lowest BCUT2D eigenvalue weighted by Gasteiger charge is -2.30. The van der Waals surface area contributed by atoms with Crippen molar-refractivity contribution in [3.8, 4) is 0 Å². The average Bonchev–Trinajstić information content (AvgIpc) is 3.16. The quantitative estimate of drug-likeness (QED) is 0.604. The van der Waals surface area contributed by atoms with Gasteiger partial charge in [-0.1, -0.05) is 36.4 Å². The van der Waals surface area contributed by atoms with Crippen molar-refractivity contribution in [2.45, 2.75) is 56.7 Å². The maximum Gasteiger partial charge on any atom is 0.242 e. The van der Waals surface area contributed by atoms with E-state index in [1.54, 1.807) is 13.0 Å². The zero-order valence-electron chi connectivity index (χ0n) is 17.2. The van der Waals surface area contributed by atoms with Gasteiger partial charge in [0.25, 0.3) is 0 Å². The molecule has 1 saturated heterocycles. The number of nitrogens with zero attached hydrogens (tertiary/aromatic N) is 1. The highest BCUT2D eigenvalue weighted by atomic mass is 16.2. The second-order valence-electron chi connectivity index (χ2n) is 8.24. The third-order valence-corrected chi connectivity index (χ3v) is 6.14. The van der Waals surface area contributed by atoms with Gasteiger partial charge in [-0.15, -0.1) is 0 Å².